The molecule has 0 bridgehead atoms. The number of hydrogen-bond donors (Lipinski definition) is 2. The minimum absolute atomic E-state index is 0.208. The van der Waals surface area contributed by atoms with Crippen LogP contribution in [0.2, 0.25) is 5.02 Å². The molecule has 0 radical (unpaired) electrons. The molecule has 4 rings (SSSR count). The molecule has 3 aromatic rings. The molecule has 0 unspecified atom stereocenters. The molecule has 130 valence electrons. The number of nitrogens with one attached hydrogen (secondary N) is 2. The summed E-state index contributed by atoms with van der Waals surface area (Å²) < 4.78 is 0. The van der Waals surface area contributed by atoms with Crippen LogP contribution < -0.4 is 10.2 Å². The lowest BCUT2D eigenvalue weighted by Crippen LogP contribution is -2.50. The van der Waals surface area contributed by atoms with Gasteiger partial charge in [-0.1, -0.05) is 29.8 Å². The number of halogens is 1. The maximum atomic E-state index is 6.29. The predicted molar refractivity (Wildman–Crippen MR) is 101 cm³/mol. The molecule has 25 heavy (non-hydrogen) atoms. The Kier molecular flexibility index (Phi) is 4.09. The Morgan fingerprint density at radius 1 is 1.24 bits per heavy atom. The maximum absolute atomic E-state index is 6.29. The average Bonchev–Trinajstić information content (AvgIpc) is 3.06. The predicted octanol–water partition coefficient (Wildman–Crippen LogP) is 3.25. The van der Waals surface area contributed by atoms with Crippen LogP contribution in [-0.4, -0.2) is 45.8 Å². The van der Waals surface area contributed by atoms with E-state index in [2.05, 4.69) is 32.3 Å². The summed E-state index contributed by atoms with van der Waals surface area (Å²) in [7, 11) is 2.03. The zero-order chi connectivity index (χ0) is 17.4. The van der Waals surface area contributed by atoms with E-state index >= 15 is 0 Å². The van der Waals surface area contributed by atoms with Crippen molar-refractivity contribution >= 4 is 28.6 Å². The summed E-state index contributed by atoms with van der Waals surface area (Å²) in [4.78, 5) is 11.6. The largest absolute Gasteiger partial charge is 0.355 e. The van der Waals surface area contributed by atoms with Gasteiger partial charge in [-0.25, -0.2) is 9.97 Å². The van der Waals surface area contributed by atoms with Gasteiger partial charge in [0.1, 0.15) is 17.0 Å². The maximum Gasteiger partial charge on any atom is 0.177 e. The Morgan fingerprint density at radius 2 is 2.00 bits per heavy atom. The van der Waals surface area contributed by atoms with Gasteiger partial charge in [-0.3, -0.25) is 5.10 Å². The van der Waals surface area contributed by atoms with Gasteiger partial charge >= 0.3 is 0 Å². The molecule has 0 aliphatic carbocycles. The second kappa shape index (κ2) is 6.28. The van der Waals surface area contributed by atoms with Crippen molar-refractivity contribution in [3.63, 3.8) is 0 Å². The minimum Gasteiger partial charge on any atom is -0.355 e. The Balaban J connectivity index is 1.64. The van der Waals surface area contributed by atoms with E-state index in [1.165, 1.54) is 0 Å². The molecule has 2 aromatic heterocycles. The van der Waals surface area contributed by atoms with E-state index in [-0.39, 0.29) is 5.54 Å². The van der Waals surface area contributed by atoms with E-state index in [9.17, 15) is 0 Å². The molecule has 0 saturated carbocycles. The van der Waals surface area contributed by atoms with Crippen molar-refractivity contribution in [1.82, 2.24) is 25.5 Å². The lowest BCUT2D eigenvalue weighted by atomic mass is 9.90. The molecule has 1 aliphatic heterocycles. The van der Waals surface area contributed by atoms with Crippen LogP contribution in [-0.2, 0) is 0 Å². The third-order valence-corrected chi connectivity index (χ3v) is 5.51. The number of fused-ring (bicyclic) bond motifs is 1. The second-order valence-electron chi connectivity index (χ2n) is 6.78. The number of nitrogens with zero attached hydrogens (tertiary/aromatic N) is 4. The Morgan fingerprint density at radius 3 is 2.72 bits per heavy atom. The molecule has 6 nitrogen and oxygen atoms in total. The average molecular weight is 357 g/mol. The molecule has 1 fully saturated rings. The second-order valence-corrected chi connectivity index (χ2v) is 7.18. The normalized spacial score (nSPS) is 17.2. The van der Waals surface area contributed by atoms with E-state index < -0.39 is 0 Å². The van der Waals surface area contributed by atoms with Gasteiger partial charge in [-0.05, 0) is 32.9 Å². The number of benzene rings is 1. The van der Waals surface area contributed by atoms with Gasteiger partial charge in [-0.15, -0.1) is 0 Å². The molecule has 7 heteroatoms. The van der Waals surface area contributed by atoms with Gasteiger partial charge in [0.25, 0.3) is 0 Å². The number of H-pyrrole nitrogens is 1. The first-order valence-electron chi connectivity index (χ1n) is 8.49. The van der Waals surface area contributed by atoms with E-state index in [0.29, 0.717) is 10.7 Å². The van der Waals surface area contributed by atoms with E-state index in [0.717, 1.165) is 48.5 Å². The van der Waals surface area contributed by atoms with Crippen molar-refractivity contribution in [2.45, 2.75) is 25.3 Å². The van der Waals surface area contributed by atoms with Gasteiger partial charge in [-0.2, -0.15) is 5.10 Å². The van der Waals surface area contributed by atoms with Gasteiger partial charge < -0.3 is 10.2 Å². The SMILES string of the molecule is CNC1(C)CCN(c2cnc3c(-c4ccccc4Cl)n[nH]c3n2)CC1. The number of rotatable bonds is 3. The molecule has 0 atom stereocenters. The van der Waals surface area contributed by atoms with Crippen molar-refractivity contribution in [3.8, 4) is 11.3 Å². The Hall–Kier alpha value is -2.18. The molecule has 0 spiro atoms. The standard InChI is InChI=1S/C18H21ClN6/c1-18(20-2)7-9-25(10-8-18)14-11-21-16-15(23-24-17(16)22-14)12-5-3-4-6-13(12)19/h3-6,11,20H,7-10H2,1-2H3,(H,22,23,24). The van der Waals surface area contributed by atoms with Crippen LogP contribution in [0.1, 0.15) is 19.8 Å². The lowest BCUT2D eigenvalue weighted by Gasteiger charge is -2.39. The van der Waals surface area contributed by atoms with E-state index in [4.69, 9.17) is 16.6 Å². The fourth-order valence-electron chi connectivity index (χ4n) is 3.27. The first-order chi connectivity index (χ1) is 12.1. The fourth-order valence-corrected chi connectivity index (χ4v) is 3.49. The topological polar surface area (TPSA) is 69.7 Å². The summed E-state index contributed by atoms with van der Waals surface area (Å²) in [5, 5.41) is 11.5. The smallest absolute Gasteiger partial charge is 0.177 e. The zero-order valence-corrected chi connectivity index (χ0v) is 15.1. The summed E-state index contributed by atoms with van der Waals surface area (Å²) in [6, 6.07) is 7.64. The third-order valence-electron chi connectivity index (χ3n) is 5.18. The molecule has 2 N–H and O–H groups in total. The monoisotopic (exact) mass is 356 g/mol. The zero-order valence-electron chi connectivity index (χ0n) is 14.4. The quantitative estimate of drug-likeness (QED) is 0.753. The van der Waals surface area contributed by atoms with Crippen LogP contribution in [0.3, 0.4) is 0 Å². The van der Waals surface area contributed by atoms with Crippen molar-refractivity contribution in [2.24, 2.45) is 0 Å². The highest BCUT2D eigenvalue weighted by molar-refractivity contribution is 6.33. The summed E-state index contributed by atoms with van der Waals surface area (Å²) >= 11 is 6.29. The summed E-state index contributed by atoms with van der Waals surface area (Å²) in [6.07, 6.45) is 3.99. The highest BCUT2D eigenvalue weighted by Gasteiger charge is 2.29. The summed E-state index contributed by atoms with van der Waals surface area (Å²) in [5.41, 5.74) is 3.24. The number of hydrogen-bond acceptors (Lipinski definition) is 5. The van der Waals surface area contributed by atoms with Gasteiger partial charge in [0, 0.05) is 24.2 Å². The molecule has 1 aromatic carbocycles. The van der Waals surface area contributed by atoms with E-state index in [1.807, 2.05) is 37.5 Å². The first kappa shape index (κ1) is 16.3. The minimum atomic E-state index is 0.208. The van der Waals surface area contributed by atoms with Crippen molar-refractivity contribution < 1.29 is 0 Å². The molecular weight excluding hydrogens is 336 g/mol. The van der Waals surface area contributed by atoms with E-state index in [1.54, 1.807) is 0 Å². The summed E-state index contributed by atoms with van der Waals surface area (Å²) in [5.74, 6) is 0.889. The van der Waals surface area contributed by atoms with Gasteiger partial charge in [0.05, 0.1) is 11.2 Å². The van der Waals surface area contributed by atoms with Crippen LogP contribution in [0.25, 0.3) is 22.4 Å². The van der Waals surface area contributed by atoms with Crippen LogP contribution in [0, 0.1) is 0 Å². The molecule has 0 amide bonds. The van der Waals surface area contributed by atoms with Crippen LogP contribution in [0.4, 0.5) is 5.82 Å². The van der Waals surface area contributed by atoms with Gasteiger partial charge in [0.2, 0.25) is 0 Å². The third kappa shape index (κ3) is 2.96. The highest BCUT2D eigenvalue weighted by atomic mass is 35.5. The molecule has 3 heterocycles. The van der Waals surface area contributed by atoms with Crippen molar-refractivity contribution in [1.29, 1.82) is 0 Å². The Labute approximate surface area is 151 Å². The molecular formula is C18H21ClN6. The first-order valence-corrected chi connectivity index (χ1v) is 8.87. The number of piperidine rings is 1. The molecule has 1 aliphatic rings. The van der Waals surface area contributed by atoms with Crippen LogP contribution >= 0.6 is 11.6 Å². The Bertz CT molecular complexity index is 897. The van der Waals surface area contributed by atoms with Crippen LogP contribution in [0.5, 0.6) is 0 Å². The van der Waals surface area contributed by atoms with Crippen LogP contribution in [0.15, 0.2) is 30.5 Å². The number of aromatic amines is 1. The van der Waals surface area contributed by atoms with Gasteiger partial charge in [0.15, 0.2) is 5.65 Å². The van der Waals surface area contributed by atoms with Crippen molar-refractivity contribution in [3.05, 3.63) is 35.5 Å². The number of anilines is 1. The number of aromatic nitrogens is 4. The summed E-state index contributed by atoms with van der Waals surface area (Å²) in [6.45, 7) is 4.19. The van der Waals surface area contributed by atoms with Crippen molar-refractivity contribution in [2.75, 3.05) is 25.0 Å². The fraction of sp³-hybridized carbons (Fsp3) is 0.389. The lowest BCUT2D eigenvalue weighted by molar-refractivity contribution is 0.304. The molecule has 1 saturated heterocycles. The highest BCUT2D eigenvalue weighted by Crippen LogP contribution is 2.31.